The van der Waals surface area contributed by atoms with Gasteiger partial charge >= 0.3 is 0 Å². The van der Waals surface area contributed by atoms with Crippen LogP contribution in [0.5, 0.6) is 0 Å². The molecule has 0 heterocycles. The largest absolute Gasteiger partial charge is 0.348 e. The maximum absolute atomic E-state index is 11.9. The van der Waals surface area contributed by atoms with Gasteiger partial charge in [0.15, 0.2) is 0 Å². The maximum atomic E-state index is 11.9. The lowest BCUT2D eigenvalue weighted by Gasteiger charge is -2.13. The molecule has 1 amide bonds. The molecule has 0 saturated heterocycles. The first-order chi connectivity index (χ1) is 8.47. The second-order valence-electron chi connectivity index (χ2n) is 4.05. The average molecular weight is 271 g/mol. The van der Waals surface area contributed by atoms with Crippen LogP contribution in [0.1, 0.15) is 29.3 Å². The summed E-state index contributed by atoms with van der Waals surface area (Å²) in [6, 6.07) is 4.18. The van der Waals surface area contributed by atoms with Crippen LogP contribution >= 0.6 is 11.6 Å². The molecule has 1 aromatic carbocycles. The second kappa shape index (κ2) is 6.35. The number of halogens is 1. The van der Waals surface area contributed by atoms with Crippen LogP contribution in [0.2, 0.25) is 0 Å². The van der Waals surface area contributed by atoms with Crippen molar-refractivity contribution in [2.45, 2.75) is 26.3 Å². The zero-order valence-electron chi connectivity index (χ0n) is 10.3. The molecule has 1 aromatic rings. The highest BCUT2D eigenvalue weighted by molar-refractivity contribution is 6.18. The Morgan fingerprint density at radius 1 is 1.50 bits per heavy atom. The van der Waals surface area contributed by atoms with Gasteiger partial charge in [-0.15, -0.1) is 11.6 Å². The van der Waals surface area contributed by atoms with Gasteiger partial charge in [-0.3, -0.25) is 14.9 Å². The fourth-order valence-electron chi connectivity index (χ4n) is 1.52. The Balaban J connectivity index is 2.95. The number of carbonyl (C=O) groups is 1. The van der Waals surface area contributed by atoms with E-state index in [1.165, 1.54) is 12.1 Å². The Hall–Kier alpha value is -1.62. The highest BCUT2D eigenvalue weighted by atomic mass is 35.5. The first-order valence-electron chi connectivity index (χ1n) is 5.60. The molecular formula is C12H15ClN2O3. The van der Waals surface area contributed by atoms with Gasteiger partial charge in [0.1, 0.15) is 0 Å². The standard InChI is InChI=1S/C12H15ClN2O3/c1-3-10(7-13)14-12(16)9-4-8(2)5-11(6-9)15(17)18/h4-6,10H,3,7H2,1-2H3,(H,14,16). The number of hydrogen-bond donors (Lipinski definition) is 1. The molecule has 0 fully saturated rings. The van der Waals surface area contributed by atoms with Gasteiger partial charge in [0.2, 0.25) is 0 Å². The van der Waals surface area contributed by atoms with Crippen molar-refractivity contribution in [3.63, 3.8) is 0 Å². The van der Waals surface area contributed by atoms with Gasteiger partial charge in [-0.2, -0.15) is 0 Å². The third kappa shape index (κ3) is 3.70. The number of nitrogens with zero attached hydrogens (tertiary/aromatic N) is 1. The summed E-state index contributed by atoms with van der Waals surface area (Å²) in [6.07, 6.45) is 0.711. The molecule has 0 aliphatic carbocycles. The molecule has 1 N–H and O–H groups in total. The Labute approximate surface area is 110 Å². The van der Waals surface area contributed by atoms with Crippen molar-refractivity contribution >= 4 is 23.2 Å². The normalized spacial score (nSPS) is 11.9. The number of nitrogens with one attached hydrogen (secondary N) is 1. The minimum Gasteiger partial charge on any atom is -0.348 e. The molecule has 6 heteroatoms. The monoisotopic (exact) mass is 270 g/mol. The topological polar surface area (TPSA) is 72.2 Å². The SMILES string of the molecule is CCC(CCl)NC(=O)c1cc(C)cc([N+](=O)[O-])c1. The highest BCUT2D eigenvalue weighted by Crippen LogP contribution is 2.16. The quantitative estimate of drug-likeness (QED) is 0.508. The summed E-state index contributed by atoms with van der Waals surface area (Å²) in [5, 5.41) is 13.4. The molecule has 0 radical (unpaired) electrons. The summed E-state index contributed by atoms with van der Waals surface area (Å²) in [5.41, 5.74) is 0.873. The van der Waals surface area contributed by atoms with Crippen molar-refractivity contribution in [3.8, 4) is 0 Å². The summed E-state index contributed by atoms with van der Waals surface area (Å²) >= 11 is 5.69. The van der Waals surface area contributed by atoms with Crippen molar-refractivity contribution in [1.29, 1.82) is 0 Å². The lowest BCUT2D eigenvalue weighted by molar-refractivity contribution is -0.384. The van der Waals surface area contributed by atoms with Crippen molar-refractivity contribution in [2.75, 3.05) is 5.88 Å². The van der Waals surface area contributed by atoms with E-state index < -0.39 is 4.92 Å². The Morgan fingerprint density at radius 3 is 2.67 bits per heavy atom. The molecule has 18 heavy (non-hydrogen) atoms. The third-order valence-electron chi connectivity index (χ3n) is 2.55. The summed E-state index contributed by atoms with van der Waals surface area (Å²) in [4.78, 5) is 22.1. The molecule has 0 saturated carbocycles. The minimum atomic E-state index is -0.511. The van der Waals surface area contributed by atoms with Gasteiger partial charge in [0, 0.05) is 29.6 Å². The number of non-ortho nitro benzene ring substituents is 1. The van der Waals surface area contributed by atoms with Gasteiger partial charge in [0.05, 0.1) is 4.92 Å². The van der Waals surface area contributed by atoms with Crippen LogP contribution in [0, 0.1) is 17.0 Å². The molecule has 0 aromatic heterocycles. The summed E-state index contributed by atoms with van der Waals surface area (Å²) in [7, 11) is 0. The number of aryl methyl sites for hydroxylation is 1. The van der Waals surface area contributed by atoms with E-state index in [1.54, 1.807) is 13.0 Å². The predicted molar refractivity (Wildman–Crippen MR) is 70.1 cm³/mol. The van der Waals surface area contributed by atoms with E-state index in [9.17, 15) is 14.9 Å². The van der Waals surface area contributed by atoms with E-state index in [-0.39, 0.29) is 23.2 Å². The molecule has 0 aliphatic heterocycles. The predicted octanol–water partition coefficient (Wildman–Crippen LogP) is 2.65. The average Bonchev–Trinajstić information content (AvgIpc) is 2.34. The molecule has 0 spiro atoms. The molecular weight excluding hydrogens is 256 g/mol. The fraction of sp³-hybridized carbons (Fsp3) is 0.417. The summed E-state index contributed by atoms with van der Waals surface area (Å²) < 4.78 is 0. The number of nitro groups is 1. The van der Waals surface area contributed by atoms with E-state index in [0.717, 1.165) is 0 Å². The zero-order valence-corrected chi connectivity index (χ0v) is 11.0. The fourth-order valence-corrected chi connectivity index (χ4v) is 1.81. The Kier molecular flexibility index (Phi) is 5.09. The second-order valence-corrected chi connectivity index (χ2v) is 4.36. The molecule has 1 atom stereocenters. The van der Waals surface area contributed by atoms with Crippen LogP contribution in [0.15, 0.2) is 18.2 Å². The van der Waals surface area contributed by atoms with Crippen LogP contribution in [0.4, 0.5) is 5.69 Å². The summed E-state index contributed by atoms with van der Waals surface area (Å²) in [5.74, 6) is -0.0230. The molecule has 0 bridgehead atoms. The molecule has 1 unspecified atom stereocenters. The number of carbonyl (C=O) groups excluding carboxylic acids is 1. The first kappa shape index (κ1) is 14.4. The Bertz CT molecular complexity index is 459. The van der Waals surface area contributed by atoms with Gasteiger partial charge in [0.25, 0.3) is 11.6 Å². The third-order valence-corrected chi connectivity index (χ3v) is 2.92. The van der Waals surface area contributed by atoms with E-state index in [1.807, 2.05) is 6.92 Å². The lowest BCUT2D eigenvalue weighted by atomic mass is 10.1. The van der Waals surface area contributed by atoms with Crippen LogP contribution in [-0.4, -0.2) is 22.8 Å². The van der Waals surface area contributed by atoms with E-state index >= 15 is 0 Å². The van der Waals surface area contributed by atoms with Gasteiger partial charge < -0.3 is 5.32 Å². The van der Waals surface area contributed by atoms with Crippen LogP contribution in [0.25, 0.3) is 0 Å². The smallest absolute Gasteiger partial charge is 0.270 e. The zero-order chi connectivity index (χ0) is 13.7. The van der Waals surface area contributed by atoms with Gasteiger partial charge in [-0.25, -0.2) is 0 Å². The van der Waals surface area contributed by atoms with Crippen molar-refractivity contribution in [2.24, 2.45) is 0 Å². The number of amides is 1. The molecule has 5 nitrogen and oxygen atoms in total. The van der Waals surface area contributed by atoms with Crippen molar-refractivity contribution in [3.05, 3.63) is 39.4 Å². The van der Waals surface area contributed by atoms with E-state index in [4.69, 9.17) is 11.6 Å². The van der Waals surface area contributed by atoms with Crippen molar-refractivity contribution in [1.82, 2.24) is 5.32 Å². The number of rotatable bonds is 5. The molecule has 1 rings (SSSR count). The van der Waals surface area contributed by atoms with Crippen LogP contribution in [-0.2, 0) is 0 Å². The Morgan fingerprint density at radius 2 is 2.17 bits per heavy atom. The number of nitro benzene ring substituents is 1. The number of benzene rings is 1. The maximum Gasteiger partial charge on any atom is 0.270 e. The van der Waals surface area contributed by atoms with Crippen LogP contribution in [0.3, 0.4) is 0 Å². The number of hydrogen-bond acceptors (Lipinski definition) is 3. The van der Waals surface area contributed by atoms with E-state index in [0.29, 0.717) is 17.9 Å². The summed E-state index contributed by atoms with van der Waals surface area (Å²) in [6.45, 7) is 3.62. The first-order valence-corrected chi connectivity index (χ1v) is 6.14. The van der Waals surface area contributed by atoms with Gasteiger partial charge in [-0.1, -0.05) is 6.92 Å². The van der Waals surface area contributed by atoms with Crippen LogP contribution < -0.4 is 5.32 Å². The molecule has 0 aliphatic rings. The van der Waals surface area contributed by atoms with Gasteiger partial charge in [-0.05, 0) is 25.0 Å². The lowest BCUT2D eigenvalue weighted by Crippen LogP contribution is -2.35. The van der Waals surface area contributed by atoms with Crippen molar-refractivity contribution < 1.29 is 9.72 Å². The van der Waals surface area contributed by atoms with E-state index in [2.05, 4.69) is 5.32 Å². The molecule has 98 valence electrons. The number of alkyl halides is 1. The highest BCUT2D eigenvalue weighted by Gasteiger charge is 2.15. The minimum absolute atomic E-state index is 0.0842.